The van der Waals surface area contributed by atoms with Crippen molar-refractivity contribution in [2.75, 3.05) is 31.2 Å². The topological polar surface area (TPSA) is 55.2 Å². The SMILES string of the molecule is c1cc(N2CCOCC2)ccc1CNCc1nnc2n1CCCC2. The van der Waals surface area contributed by atoms with Crippen LogP contribution in [-0.2, 0) is 30.8 Å². The lowest BCUT2D eigenvalue weighted by atomic mass is 10.1. The number of nitrogens with one attached hydrogen (secondary N) is 1. The molecule has 1 fully saturated rings. The lowest BCUT2D eigenvalue weighted by Gasteiger charge is -2.28. The van der Waals surface area contributed by atoms with E-state index in [9.17, 15) is 0 Å². The molecule has 0 unspecified atom stereocenters. The van der Waals surface area contributed by atoms with Crippen molar-refractivity contribution in [2.24, 2.45) is 0 Å². The molecule has 6 nitrogen and oxygen atoms in total. The summed E-state index contributed by atoms with van der Waals surface area (Å²) in [5, 5.41) is 12.1. The Morgan fingerprint density at radius 2 is 1.79 bits per heavy atom. The normalized spacial score (nSPS) is 17.8. The number of rotatable bonds is 5. The molecule has 1 aromatic heterocycles. The molecule has 128 valence electrons. The van der Waals surface area contributed by atoms with Crippen LogP contribution in [0.3, 0.4) is 0 Å². The quantitative estimate of drug-likeness (QED) is 0.906. The number of ether oxygens (including phenoxy) is 1. The molecule has 0 amide bonds. The van der Waals surface area contributed by atoms with Gasteiger partial charge in [-0.3, -0.25) is 0 Å². The van der Waals surface area contributed by atoms with Crippen LogP contribution < -0.4 is 10.2 Å². The van der Waals surface area contributed by atoms with Crippen molar-refractivity contribution >= 4 is 5.69 Å². The molecule has 2 aliphatic heterocycles. The van der Waals surface area contributed by atoms with Crippen LogP contribution in [0.5, 0.6) is 0 Å². The number of hydrogen-bond acceptors (Lipinski definition) is 5. The zero-order valence-corrected chi connectivity index (χ0v) is 14.1. The molecule has 24 heavy (non-hydrogen) atoms. The van der Waals surface area contributed by atoms with Gasteiger partial charge in [0, 0.05) is 38.3 Å². The first-order chi connectivity index (χ1) is 11.9. The van der Waals surface area contributed by atoms with Crippen LogP contribution in [-0.4, -0.2) is 41.1 Å². The van der Waals surface area contributed by atoms with Gasteiger partial charge in [-0.25, -0.2) is 0 Å². The number of aromatic nitrogens is 3. The number of aryl methyl sites for hydroxylation is 1. The molecule has 2 aromatic rings. The Morgan fingerprint density at radius 1 is 0.958 bits per heavy atom. The Labute approximate surface area is 142 Å². The molecule has 0 atom stereocenters. The summed E-state index contributed by atoms with van der Waals surface area (Å²) in [7, 11) is 0. The summed E-state index contributed by atoms with van der Waals surface area (Å²) in [5.74, 6) is 2.21. The van der Waals surface area contributed by atoms with Gasteiger partial charge in [-0.1, -0.05) is 12.1 Å². The molecule has 0 spiro atoms. The molecular weight excluding hydrogens is 302 g/mol. The van der Waals surface area contributed by atoms with E-state index in [2.05, 4.69) is 49.2 Å². The standard InChI is InChI=1S/C18H25N5O/c1-2-8-23-17(3-1)20-21-18(23)14-19-13-15-4-6-16(7-5-15)22-9-11-24-12-10-22/h4-7,19H,1-3,8-14H2. The Morgan fingerprint density at radius 3 is 2.62 bits per heavy atom. The van der Waals surface area contributed by atoms with Crippen molar-refractivity contribution in [1.29, 1.82) is 0 Å². The van der Waals surface area contributed by atoms with Crippen LogP contribution in [0.2, 0.25) is 0 Å². The van der Waals surface area contributed by atoms with Crippen molar-refractivity contribution in [3.05, 3.63) is 41.5 Å². The number of benzene rings is 1. The molecule has 2 aliphatic rings. The first kappa shape index (κ1) is 15.6. The van der Waals surface area contributed by atoms with E-state index in [1.807, 2.05) is 0 Å². The minimum Gasteiger partial charge on any atom is -0.378 e. The van der Waals surface area contributed by atoms with Gasteiger partial charge in [-0.05, 0) is 30.5 Å². The third-order valence-corrected chi connectivity index (χ3v) is 4.86. The molecule has 1 saturated heterocycles. The number of morpholine rings is 1. The minimum absolute atomic E-state index is 0.776. The zero-order valence-electron chi connectivity index (χ0n) is 14.1. The first-order valence-electron chi connectivity index (χ1n) is 8.93. The van der Waals surface area contributed by atoms with Crippen LogP contribution in [0.4, 0.5) is 5.69 Å². The Balaban J connectivity index is 1.30. The van der Waals surface area contributed by atoms with Gasteiger partial charge in [0.05, 0.1) is 19.8 Å². The molecule has 0 bridgehead atoms. The molecule has 0 radical (unpaired) electrons. The summed E-state index contributed by atoms with van der Waals surface area (Å²) in [6.45, 7) is 6.31. The summed E-state index contributed by atoms with van der Waals surface area (Å²) in [6, 6.07) is 8.83. The largest absolute Gasteiger partial charge is 0.378 e. The second kappa shape index (κ2) is 7.32. The van der Waals surface area contributed by atoms with Crippen molar-refractivity contribution in [1.82, 2.24) is 20.1 Å². The fraction of sp³-hybridized carbons (Fsp3) is 0.556. The molecule has 3 heterocycles. The average molecular weight is 327 g/mol. The molecule has 1 aromatic carbocycles. The Hall–Kier alpha value is -1.92. The van der Waals surface area contributed by atoms with Gasteiger partial charge in [-0.2, -0.15) is 0 Å². The summed E-state index contributed by atoms with van der Waals surface area (Å²) < 4.78 is 7.68. The summed E-state index contributed by atoms with van der Waals surface area (Å²) in [5.41, 5.74) is 2.58. The lowest BCUT2D eigenvalue weighted by Crippen LogP contribution is -2.36. The van der Waals surface area contributed by atoms with Gasteiger partial charge in [-0.15, -0.1) is 10.2 Å². The van der Waals surface area contributed by atoms with Crippen molar-refractivity contribution in [3.8, 4) is 0 Å². The highest BCUT2D eigenvalue weighted by molar-refractivity contribution is 5.47. The first-order valence-corrected chi connectivity index (χ1v) is 8.93. The number of anilines is 1. The van der Waals surface area contributed by atoms with Gasteiger partial charge >= 0.3 is 0 Å². The van der Waals surface area contributed by atoms with E-state index in [1.165, 1.54) is 24.1 Å². The van der Waals surface area contributed by atoms with Gasteiger partial charge in [0.25, 0.3) is 0 Å². The number of nitrogens with zero attached hydrogens (tertiary/aromatic N) is 4. The maximum absolute atomic E-state index is 5.41. The fourth-order valence-corrected chi connectivity index (χ4v) is 3.46. The van der Waals surface area contributed by atoms with Crippen LogP contribution >= 0.6 is 0 Å². The van der Waals surface area contributed by atoms with Crippen molar-refractivity contribution < 1.29 is 4.74 Å². The number of hydrogen-bond donors (Lipinski definition) is 1. The van der Waals surface area contributed by atoms with Gasteiger partial charge < -0.3 is 19.5 Å². The van der Waals surface area contributed by atoms with Crippen molar-refractivity contribution in [3.63, 3.8) is 0 Å². The maximum atomic E-state index is 5.41. The smallest absolute Gasteiger partial charge is 0.147 e. The van der Waals surface area contributed by atoms with Gasteiger partial charge in [0.15, 0.2) is 0 Å². The second-order valence-electron chi connectivity index (χ2n) is 6.51. The Kier molecular flexibility index (Phi) is 4.76. The highest BCUT2D eigenvalue weighted by atomic mass is 16.5. The summed E-state index contributed by atoms with van der Waals surface area (Å²) >= 11 is 0. The predicted octanol–water partition coefficient (Wildman–Crippen LogP) is 1.74. The van der Waals surface area contributed by atoms with E-state index in [4.69, 9.17) is 4.74 Å². The highest BCUT2D eigenvalue weighted by Gasteiger charge is 2.15. The maximum Gasteiger partial charge on any atom is 0.147 e. The molecule has 4 rings (SSSR count). The average Bonchev–Trinajstić information content (AvgIpc) is 3.06. The van der Waals surface area contributed by atoms with E-state index >= 15 is 0 Å². The lowest BCUT2D eigenvalue weighted by molar-refractivity contribution is 0.122. The molecule has 1 N–H and O–H groups in total. The van der Waals surface area contributed by atoms with Crippen LogP contribution in [0, 0.1) is 0 Å². The van der Waals surface area contributed by atoms with Crippen LogP contribution in [0.1, 0.15) is 30.1 Å². The molecular formula is C18H25N5O. The van der Waals surface area contributed by atoms with Gasteiger partial charge in [0.2, 0.25) is 0 Å². The summed E-state index contributed by atoms with van der Waals surface area (Å²) in [6.07, 6.45) is 3.54. The second-order valence-corrected chi connectivity index (χ2v) is 6.51. The molecule has 0 aliphatic carbocycles. The highest BCUT2D eigenvalue weighted by Crippen LogP contribution is 2.17. The van der Waals surface area contributed by atoms with E-state index in [1.54, 1.807) is 0 Å². The monoisotopic (exact) mass is 327 g/mol. The summed E-state index contributed by atoms with van der Waals surface area (Å²) in [4.78, 5) is 2.38. The molecule has 0 saturated carbocycles. The molecule has 6 heteroatoms. The predicted molar refractivity (Wildman–Crippen MR) is 93.0 cm³/mol. The minimum atomic E-state index is 0.776. The van der Waals surface area contributed by atoms with Crippen molar-refractivity contribution in [2.45, 2.75) is 38.9 Å². The van der Waals surface area contributed by atoms with Gasteiger partial charge in [0.1, 0.15) is 11.6 Å². The van der Waals surface area contributed by atoms with E-state index in [0.717, 1.165) is 64.0 Å². The van der Waals surface area contributed by atoms with E-state index in [0.29, 0.717) is 0 Å². The van der Waals surface area contributed by atoms with E-state index < -0.39 is 0 Å². The fourth-order valence-electron chi connectivity index (χ4n) is 3.46. The number of fused-ring (bicyclic) bond motifs is 1. The van der Waals surface area contributed by atoms with E-state index in [-0.39, 0.29) is 0 Å². The third kappa shape index (κ3) is 3.44. The third-order valence-electron chi connectivity index (χ3n) is 4.86. The van der Waals surface area contributed by atoms with Crippen LogP contribution in [0.25, 0.3) is 0 Å². The van der Waals surface area contributed by atoms with Crippen LogP contribution in [0.15, 0.2) is 24.3 Å². The Bertz CT molecular complexity index is 661. The zero-order chi connectivity index (χ0) is 16.2.